The van der Waals surface area contributed by atoms with Crippen LogP contribution in [0, 0.1) is 0 Å². The summed E-state index contributed by atoms with van der Waals surface area (Å²) in [5.74, 6) is 1.09. The van der Waals surface area contributed by atoms with Crippen LogP contribution in [-0.4, -0.2) is 18.7 Å². The van der Waals surface area contributed by atoms with Crippen LogP contribution in [0.3, 0.4) is 0 Å². The highest BCUT2D eigenvalue weighted by atomic mass is 35.5. The Morgan fingerprint density at radius 3 is 3.12 bits per heavy atom. The van der Waals surface area contributed by atoms with Gasteiger partial charge in [-0.05, 0) is 56.0 Å². The van der Waals surface area contributed by atoms with Gasteiger partial charge in [0, 0.05) is 17.5 Å². The Bertz CT molecular complexity index is 426. The zero-order chi connectivity index (χ0) is 11.8. The normalized spacial score (nSPS) is 26.9. The van der Waals surface area contributed by atoms with Crippen molar-refractivity contribution in [2.75, 3.05) is 6.54 Å². The van der Waals surface area contributed by atoms with Crippen LogP contribution in [0.25, 0.3) is 0 Å². The molecule has 2 atom stereocenters. The van der Waals surface area contributed by atoms with Gasteiger partial charge in [-0.2, -0.15) is 0 Å². The van der Waals surface area contributed by atoms with Gasteiger partial charge in [-0.3, -0.25) is 0 Å². The maximum Gasteiger partial charge on any atom is 0.126 e. The van der Waals surface area contributed by atoms with Crippen LogP contribution in [-0.2, 0) is 12.8 Å². The SMILES string of the molecule is CC1Cc2cc(Cl)cc(CC3CCCN3)c2O1. The number of ether oxygens (including phenoxy) is 1. The average Bonchev–Trinajstić information content (AvgIpc) is 2.86. The van der Waals surface area contributed by atoms with Gasteiger partial charge in [-0.25, -0.2) is 0 Å². The second-order valence-electron chi connectivity index (χ2n) is 5.18. The maximum atomic E-state index is 6.19. The van der Waals surface area contributed by atoms with Crippen molar-refractivity contribution in [2.45, 2.75) is 44.8 Å². The molecule has 1 aromatic carbocycles. The quantitative estimate of drug-likeness (QED) is 0.873. The van der Waals surface area contributed by atoms with Crippen LogP contribution in [0.2, 0.25) is 5.02 Å². The highest BCUT2D eigenvalue weighted by molar-refractivity contribution is 6.30. The Kier molecular flexibility index (Phi) is 3.01. The predicted molar refractivity (Wildman–Crippen MR) is 70.0 cm³/mol. The first-order valence-corrected chi connectivity index (χ1v) is 6.81. The predicted octanol–water partition coefficient (Wildman–Crippen LogP) is 2.96. The standard InChI is InChI=1S/C14H18ClNO/c1-9-5-10-6-12(15)7-11(14(10)17-9)8-13-3-2-4-16-13/h6-7,9,13,16H,2-5,8H2,1H3. The molecule has 3 heteroatoms. The molecule has 2 aliphatic heterocycles. The van der Waals surface area contributed by atoms with Gasteiger partial charge in [0.2, 0.25) is 0 Å². The van der Waals surface area contributed by atoms with Crippen molar-refractivity contribution in [3.05, 3.63) is 28.3 Å². The molecule has 2 nitrogen and oxygen atoms in total. The van der Waals surface area contributed by atoms with Crippen LogP contribution >= 0.6 is 11.6 Å². The van der Waals surface area contributed by atoms with Gasteiger partial charge in [0.15, 0.2) is 0 Å². The number of benzene rings is 1. The second-order valence-corrected chi connectivity index (χ2v) is 5.62. The first-order chi connectivity index (χ1) is 8.22. The monoisotopic (exact) mass is 251 g/mol. The smallest absolute Gasteiger partial charge is 0.126 e. The number of fused-ring (bicyclic) bond motifs is 1. The molecule has 0 radical (unpaired) electrons. The van der Waals surface area contributed by atoms with E-state index in [1.807, 2.05) is 6.07 Å². The summed E-state index contributed by atoms with van der Waals surface area (Å²) in [6.07, 6.45) is 4.86. The summed E-state index contributed by atoms with van der Waals surface area (Å²) in [7, 11) is 0. The minimum atomic E-state index is 0.291. The van der Waals surface area contributed by atoms with Gasteiger partial charge < -0.3 is 10.1 Å². The molecule has 0 aliphatic carbocycles. The number of rotatable bonds is 2. The Labute approximate surface area is 107 Å². The summed E-state index contributed by atoms with van der Waals surface area (Å²) in [6.45, 7) is 3.26. The van der Waals surface area contributed by atoms with Crippen LogP contribution < -0.4 is 10.1 Å². The number of halogens is 1. The molecular weight excluding hydrogens is 234 g/mol. The summed E-state index contributed by atoms with van der Waals surface area (Å²) in [6, 6.07) is 4.71. The lowest BCUT2D eigenvalue weighted by Gasteiger charge is -2.14. The molecule has 1 saturated heterocycles. The Morgan fingerprint density at radius 1 is 1.47 bits per heavy atom. The molecular formula is C14H18ClNO. The van der Waals surface area contributed by atoms with E-state index < -0.39 is 0 Å². The molecule has 0 bridgehead atoms. The minimum Gasteiger partial charge on any atom is -0.490 e. The summed E-state index contributed by atoms with van der Waals surface area (Å²) >= 11 is 6.19. The fourth-order valence-electron chi connectivity index (χ4n) is 2.92. The third-order valence-electron chi connectivity index (χ3n) is 3.66. The molecule has 2 aliphatic rings. The summed E-state index contributed by atoms with van der Waals surface area (Å²) in [5, 5.41) is 4.37. The summed E-state index contributed by atoms with van der Waals surface area (Å²) in [5.41, 5.74) is 2.55. The van der Waals surface area contributed by atoms with E-state index in [1.165, 1.54) is 24.0 Å². The zero-order valence-corrected chi connectivity index (χ0v) is 10.9. The van der Waals surface area contributed by atoms with Gasteiger partial charge in [0.25, 0.3) is 0 Å². The summed E-state index contributed by atoms with van der Waals surface area (Å²) < 4.78 is 5.92. The molecule has 0 spiro atoms. The van der Waals surface area contributed by atoms with Gasteiger partial charge in [-0.15, -0.1) is 0 Å². The van der Waals surface area contributed by atoms with Gasteiger partial charge in [-0.1, -0.05) is 11.6 Å². The largest absolute Gasteiger partial charge is 0.490 e. The van der Waals surface area contributed by atoms with Gasteiger partial charge >= 0.3 is 0 Å². The van der Waals surface area contributed by atoms with Crippen molar-refractivity contribution < 1.29 is 4.74 Å². The molecule has 92 valence electrons. The molecule has 1 N–H and O–H groups in total. The van der Waals surface area contributed by atoms with E-state index in [-0.39, 0.29) is 0 Å². The van der Waals surface area contributed by atoms with E-state index in [9.17, 15) is 0 Å². The van der Waals surface area contributed by atoms with E-state index >= 15 is 0 Å². The third-order valence-corrected chi connectivity index (χ3v) is 3.88. The molecule has 3 rings (SSSR count). The Balaban J connectivity index is 1.88. The number of hydrogen-bond acceptors (Lipinski definition) is 2. The molecule has 2 unspecified atom stereocenters. The zero-order valence-electron chi connectivity index (χ0n) is 10.1. The maximum absolute atomic E-state index is 6.19. The lowest BCUT2D eigenvalue weighted by molar-refractivity contribution is 0.252. The van der Waals surface area contributed by atoms with Crippen molar-refractivity contribution in [1.82, 2.24) is 5.32 Å². The molecule has 2 heterocycles. The molecule has 1 aromatic rings. The highest BCUT2D eigenvalue weighted by Gasteiger charge is 2.25. The van der Waals surface area contributed by atoms with E-state index in [2.05, 4.69) is 18.3 Å². The van der Waals surface area contributed by atoms with E-state index in [1.54, 1.807) is 0 Å². The van der Waals surface area contributed by atoms with Crippen molar-refractivity contribution in [1.29, 1.82) is 0 Å². The topological polar surface area (TPSA) is 21.3 Å². The third kappa shape index (κ3) is 2.29. The molecule has 0 amide bonds. The lowest BCUT2D eigenvalue weighted by Crippen LogP contribution is -2.23. The molecule has 1 fully saturated rings. The minimum absolute atomic E-state index is 0.291. The second kappa shape index (κ2) is 4.51. The molecule has 0 aromatic heterocycles. The fourth-order valence-corrected chi connectivity index (χ4v) is 3.18. The van der Waals surface area contributed by atoms with E-state index in [4.69, 9.17) is 16.3 Å². The fraction of sp³-hybridized carbons (Fsp3) is 0.571. The van der Waals surface area contributed by atoms with Crippen molar-refractivity contribution in [3.8, 4) is 5.75 Å². The Hall–Kier alpha value is -0.730. The van der Waals surface area contributed by atoms with E-state index in [0.717, 1.165) is 30.2 Å². The van der Waals surface area contributed by atoms with Crippen LogP contribution in [0.5, 0.6) is 5.75 Å². The van der Waals surface area contributed by atoms with E-state index in [0.29, 0.717) is 12.1 Å². The number of nitrogens with one attached hydrogen (secondary N) is 1. The summed E-state index contributed by atoms with van der Waals surface area (Å²) in [4.78, 5) is 0. The Morgan fingerprint density at radius 2 is 2.35 bits per heavy atom. The van der Waals surface area contributed by atoms with Crippen molar-refractivity contribution in [2.24, 2.45) is 0 Å². The highest BCUT2D eigenvalue weighted by Crippen LogP contribution is 2.36. The van der Waals surface area contributed by atoms with Crippen molar-refractivity contribution in [3.63, 3.8) is 0 Å². The molecule has 0 saturated carbocycles. The van der Waals surface area contributed by atoms with Crippen LogP contribution in [0.1, 0.15) is 30.9 Å². The van der Waals surface area contributed by atoms with Gasteiger partial charge in [0.05, 0.1) is 0 Å². The first-order valence-electron chi connectivity index (χ1n) is 6.43. The average molecular weight is 252 g/mol. The van der Waals surface area contributed by atoms with Crippen LogP contribution in [0.4, 0.5) is 0 Å². The molecule has 17 heavy (non-hydrogen) atoms. The van der Waals surface area contributed by atoms with Crippen molar-refractivity contribution >= 4 is 11.6 Å². The number of hydrogen-bond donors (Lipinski definition) is 1. The van der Waals surface area contributed by atoms with Gasteiger partial charge in [0.1, 0.15) is 11.9 Å². The first kappa shape index (κ1) is 11.4. The lowest BCUT2D eigenvalue weighted by atomic mass is 10.0. The van der Waals surface area contributed by atoms with Crippen LogP contribution in [0.15, 0.2) is 12.1 Å².